The first-order valence-electron chi connectivity index (χ1n) is 8.98. The molecule has 0 spiro atoms. The van der Waals surface area contributed by atoms with Crippen molar-refractivity contribution in [1.29, 1.82) is 0 Å². The average Bonchev–Trinajstić information content (AvgIpc) is 3.40. The maximum Gasteiger partial charge on any atom is 0.269 e. The van der Waals surface area contributed by atoms with Gasteiger partial charge < -0.3 is 10.2 Å². The molecule has 4 heterocycles. The lowest BCUT2D eigenvalue weighted by atomic mass is 9.92. The third kappa shape index (κ3) is 4.15. The smallest absolute Gasteiger partial charge is 0.269 e. The van der Waals surface area contributed by atoms with Crippen LogP contribution in [0.1, 0.15) is 37.8 Å². The molecule has 1 aliphatic rings. The van der Waals surface area contributed by atoms with Gasteiger partial charge in [-0.1, -0.05) is 37.5 Å². The highest BCUT2D eigenvalue weighted by Gasteiger charge is 2.31. The van der Waals surface area contributed by atoms with Gasteiger partial charge in [-0.05, 0) is 18.2 Å². The molecule has 1 amide bonds. The minimum absolute atomic E-state index is 0.210. The molecule has 1 aliphatic heterocycles. The number of nitrogens with one attached hydrogen (secondary N) is 1. The fourth-order valence-electron chi connectivity index (χ4n) is 2.73. The number of anilines is 1. The zero-order chi connectivity index (χ0) is 20.6. The van der Waals surface area contributed by atoms with Crippen LogP contribution in [0.4, 0.5) is 5.82 Å². The Kier molecular flexibility index (Phi) is 5.10. The van der Waals surface area contributed by atoms with Gasteiger partial charge in [-0.15, -0.1) is 11.3 Å². The lowest BCUT2D eigenvalue weighted by molar-refractivity contribution is -0.125. The molecule has 4 rings (SSSR count). The lowest BCUT2D eigenvalue weighted by Crippen LogP contribution is -2.29. The van der Waals surface area contributed by atoms with E-state index >= 15 is 0 Å². The van der Waals surface area contributed by atoms with E-state index in [1.165, 1.54) is 16.0 Å². The van der Waals surface area contributed by atoms with E-state index in [9.17, 15) is 4.79 Å². The molecule has 3 aromatic rings. The highest BCUT2D eigenvalue weighted by atomic mass is 35.5. The van der Waals surface area contributed by atoms with E-state index in [1.54, 1.807) is 24.5 Å². The number of aromatic nitrogens is 4. The standard InChI is InChI=1S/C19H19ClN6O2S/c1-19(2,3)14-10-16(26(24-14)18-21-7-4-8-22-18)23-17(27)12-9-11(25-28-12)13-5-6-15(20)29-13/h4-8,10,12H,9H2,1-3H3,(H,23,27). The number of thiophene rings is 1. The number of nitrogens with zero attached hydrogens (tertiary/aromatic N) is 5. The van der Waals surface area contributed by atoms with Gasteiger partial charge in [0.2, 0.25) is 6.10 Å². The molecule has 0 fully saturated rings. The van der Waals surface area contributed by atoms with Crippen molar-refractivity contribution >= 4 is 40.4 Å². The third-order valence-corrected chi connectivity index (χ3v) is 5.57. The molecule has 1 unspecified atom stereocenters. The maximum atomic E-state index is 12.8. The molecule has 1 atom stereocenters. The van der Waals surface area contributed by atoms with Gasteiger partial charge in [0.25, 0.3) is 11.9 Å². The monoisotopic (exact) mass is 430 g/mol. The summed E-state index contributed by atoms with van der Waals surface area (Å²) in [5.41, 5.74) is 1.30. The molecule has 0 aliphatic carbocycles. The Bertz CT molecular complexity index is 1070. The number of oxime groups is 1. The quantitative estimate of drug-likeness (QED) is 0.679. The Balaban J connectivity index is 1.55. The van der Waals surface area contributed by atoms with Gasteiger partial charge in [-0.3, -0.25) is 4.79 Å². The summed E-state index contributed by atoms with van der Waals surface area (Å²) in [6.07, 6.45) is 2.88. The first-order chi connectivity index (χ1) is 13.8. The Morgan fingerprint density at radius 3 is 2.72 bits per heavy atom. The second-order valence-corrected chi connectivity index (χ2v) is 9.27. The van der Waals surface area contributed by atoms with Crippen LogP contribution in [0.3, 0.4) is 0 Å². The number of amides is 1. The highest BCUT2D eigenvalue weighted by molar-refractivity contribution is 7.18. The van der Waals surface area contributed by atoms with Gasteiger partial charge in [0, 0.05) is 30.3 Å². The maximum absolute atomic E-state index is 12.8. The van der Waals surface area contributed by atoms with E-state index in [2.05, 4.69) is 25.5 Å². The fraction of sp³-hybridized carbons (Fsp3) is 0.316. The van der Waals surface area contributed by atoms with Crippen molar-refractivity contribution in [3.8, 4) is 5.95 Å². The van der Waals surface area contributed by atoms with Crippen LogP contribution in [0.25, 0.3) is 5.95 Å². The number of carbonyl (C=O) groups is 1. The predicted octanol–water partition coefficient (Wildman–Crippen LogP) is 3.81. The van der Waals surface area contributed by atoms with Crippen molar-refractivity contribution in [3.05, 3.63) is 51.6 Å². The molecular weight excluding hydrogens is 412 g/mol. The molecule has 8 nitrogen and oxygen atoms in total. The van der Waals surface area contributed by atoms with Crippen LogP contribution in [0.5, 0.6) is 0 Å². The largest absolute Gasteiger partial charge is 0.382 e. The van der Waals surface area contributed by atoms with Crippen LogP contribution in [0.15, 0.2) is 41.8 Å². The normalized spacial score (nSPS) is 16.4. The lowest BCUT2D eigenvalue weighted by Gasteiger charge is -2.13. The van der Waals surface area contributed by atoms with Gasteiger partial charge in [-0.2, -0.15) is 9.78 Å². The van der Waals surface area contributed by atoms with Gasteiger partial charge in [0.05, 0.1) is 14.9 Å². The Hall–Kier alpha value is -2.78. The molecule has 10 heteroatoms. The van der Waals surface area contributed by atoms with Crippen LogP contribution in [0, 0.1) is 0 Å². The number of rotatable bonds is 4. The van der Waals surface area contributed by atoms with E-state index in [-0.39, 0.29) is 11.3 Å². The summed E-state index contributed by atoms with van der Waals surface area (Å²) in [5.74, 6) is 0.530. The SMILES string of the molecule is CC(C)(C)c1cc(NC(=O)C2CC(c3ccc(Cl)s3)=NO2)n(-c2ncccn2)n1. The van der Waals surface area contributed by atoms with Crippen molar-refractivity contribution in [2.24, 2.45) is 5.16 Å². The summed E-state index contributed by atoms with van der Waals surface area (Å²) in [6.45, 7) is 6.14. The Morgan fingerprint density at radius 2 is 2.07 bits per heavy atom. The van der Waals surface area contributed by atoms with Crippen LogP contribution in [0.2, 0.25) is 4.34 Å². The van der Waals surface area contributed by atoms with Crippen LogP contribution >= 0.6 is 22.9 Å². The van der Waals surface area contributed by atoms with E-state index < -0.39 is 6.10 Å². The molecule has 1 N–H and O–H groups in total. The predicted molar refractivity (Wildman–Crippen MR) is 112 cm³/mol. The molecule has 0 aromatic carbocycles. The van der Waals surface area contributed by atoms with E-state index in [4.69, 9.17) is 16.4 Å². The molecule has 0 bridgehead atoms. The van der Waals surface area contributed by atoms with Gasteiger partial charge in [-0.25, -0.2) is 9.97 Å². The summed E-state index contributed by atoms with van der Waals surface area (Å²) in [7, 11) is 0. The summed E-state index contributed by atoms with van der Waals surface area (Å²) in [4.78, 5) is 27.6. The summed E-state index contributed by atoms with van der Waals surface area (Å²) < 4.78 is 2.19. The second kappa shape index (κ2) is 7.57. The number of hydrogen-bond acceptors (Lipinski definition) is 7. The molecule has 3 aromatic heterocycles. The number of hydrogen-bond donors (Lipinski definition) is 1. The van der Waals surface area contributed by atoms with E-state index in [0.717, 1.165) is 10.6 Å². The van der Waals surface area contributed by atoms with Crippen molar-refractivity contribution in [2.75, 3.05) is 5.32 Å². The fourth-order valence-corrected chi connectivity index (χ4v) is 3.76. The van der Waals surface area contributed by atoms with Crippen LogP contribution < -0.4 is 5.32 Å². The Labute approximate surface area is 176 Å². The van der Waals surface area contributed by atoms with Crippen molar-refractivity contribution in [2.45, 2.75) is 38.7 Å². The van der Waals surface area contributed by atoms with Gasteiger partial charge in [0.15, 0.2) is 0 Å². The van der Waals surface area contributed by atoms with Crippen LogP contribution in [-0.2, 0) is 15.0 Å². The number of carbonyl (C=O) groups excluding carboxylic acids is 1. The minimum Gasteiger partial charge on any atom is -0.382 e. The van der Waals surface area contributed by atoms with E-state index in [0.29, 0.717) is 28.2 Å². The molecule has 0 saturated carbocycles. The molecule has 150 valence electrons. The average molecular weight is 431 g/mol. The summed E-state index contributed by atoms with van der Waals surface area (Å²) >= 11 is 7.38. The summed E-state index contributed by atoms with van der Waals surface area (Å²) in [6, 6.07) is 7.21. The number of halogens is 1. The van der Waals surface area contributed by atoms with Crippen LogP contribution in [-0.4, -0.2) is 37.5 Å². The first kappa shape index (κ1) is 19.5. The minimum atomic E-state index is -0.732. The molecular formula is C19H19ClN6O2S. The summed E-state index contributed by atoms with van der Waals surface area (Å²) in [5, 5.41) is 11.5. The van der Waals surface area contributed by atoms with Gasteiger partial charge >= 0.3 is 0 Å². The first-order valence-corrected chi connectivity index (χ1v) is 10.2. The van der Waals surface area contributed by atoms with Crippen molar-refractivity contribution in [1.82, 2.24) is 19.7 Å². The highest BCUT2D eigenvalue weighted by Crippen LogP contribution is 2.28. The molecule has 0 saturated heterocycles. The van der Waals surface area contributed by atoms with Crippen molar-refractivity contribution in [3.63, 3.8) is 0 Å². The van der Waals surface area contributed by atoms with Crippen molar-refractivity contribution < 1.29 is 9.63 Å². The zero-order valence-corrected chi connectivity index (χ0v) is 17.7. The molecule has 0 radical (unpaired) electrons. The van der Waals surface area contributed by atoms with Gasteiger partial charge in [0.1, 0.15) is 11.5 Å². The molecule has 29 heavy (non-hydrogen) atoms. The Morgan fingerprint density at radius 1 is 1.31 bits per heavy atom. The topological polar surface area (TPSA) is 94.3 Å². The second-order valence-electron chi connectivity index (χ2n) is 7.55. The third-order valence-electron chi connectivity index (χ3n) is 4.29. The zero-order valence-electron chi connectivity index (χ0n) is 16.1. The van der Waals surface area contributed by atoms with E-state index in [1.807, 2.05) is 32.9 Å².